The number of aliphatic imine (C=N–C) groups is 1. The normalized spacial score (nSPS) is 23.7. The number of nitrogens with zero attached hydrogens (tertiary/aromatic N) is 2. The minimum Gasteiger partial charge on any atom is -0.350 e. The lowest BCUT2D eigenvalue weighted by Crippen LogP contribution is -2.33. The molecule has 1 heterocycles. The molecule has 0 fully saturated rings. The van der Waals surface area contributed by atoms with Crippen molar-refractivity contribution in [1.29, 1.82) is 0 Å². The second kappa shape index (κ2) is 3.57. The number of hydrogen-bond acceptors (Lipinski definition) is 3. The average Bonchev–Trinajstić information content (AvgIpc) is 2.06. The van der Waals surface area contributed by atoms with Crippen molar-refractivity contribution in [3.63, 3.8) is 0 Å². The third kappa shape index (κ3) is 1.58. The zero-order valence-electron chi connectivity index (χ0n) is 6.30. The molecule has 6 heteroatoms. The van der Waals surface area contributed by atoms with Crippen molar-refractivity contribution in [1.82, 2.24) is 5.12 Å². The van der Waals surface area contributed by atoms with Gasteiger partial charge in [0.25, 0.3) is 5.95 Å². The minimum absolute atomic E-state index is 0.0830. The van der Waals surface area contributed by atoms with Crippen molar-refractivity contribution in [2.24, 2.45) is 4.99 Å². The summed E-state index contributed by atoms with van der Waals surface area (Å²) in [5, 5.41) is -0.137. The Morgan fingerprint density at radius 3 is 2.92 bits per heavy atom. The molecule has 0 aromatic heterocycles. The lowest BCUT2D eigenvalue weighted by atomic mass is 10.4. The number of hydrogen-bond donors (Lipinski definition) is 0. The monoisotopic (exact) mass is 180 g/mol. The van der Waals surface area contributed by atoms with Crippen LogP contribution in [0.2, 0.25) is 0 Å². The van der Waals surface area contributed by atoms with E-state index in [4.69, 9.17) is 0 Å². The van der Waals surface area contributed by atoms with Gasteiger partial charge in [0.15, 0.2) is 0 Å². The number of ether oxygens (including phenoxy) is 1. The molecule has 1 aliphatic rings. The van der Waals surface area contributed by atoms with Crippen molar-refractivity contribution in [3.8, 4) is 0 Å². The third-order valence-corrected chi connectivity index (χ3v) is 1.24. The van der Waals surface area contributed by atoms with Gasteiger partial charge in [-0.2, -0.15) is 9.51 Å². The molecule has 0 bridgehead atoms. The largest absolute Gasteiger partial charge is 0.350 e. The van der Waals surface area contributed by atoms with Gasteiger partial charge in [0, 0.05) is 6.61 Å². The Morgan fingerprint density at radius 2 is 2.33 bits per heavy atom. The minimum atomic E-state index is -1.63. The zero-order valence-corrected chi connectivity index (χ0v) is 6.30. The molecule has 0 aromatic carbocycles. The molecule has 1 atom stereocenters. The van der Waals surface area contributed by atoms with E-state index in [-0.39, 0.29) is 11.7 Å². The first-order chi connectivity index (χ1) is 5.66. The van der Waals surface area contributed by atoms with E-state index in [0.29, 0.717) is 6.34 Å². The highest BCUT2D eigenvalue weighted by atomic mass is 19.2. The molecule has 0 amide bonds. The van der Waals surface area contributed by atoms with Gasteiger partial charge < -0.3 is 4.74 Å². The summed E-state index contributed by atoms with van der Waals surface area (Å²) in [4.78, 5) is 2.81. The van der Waals surface area contributed by atoms with Crippen LogP contribution in [0.3, 0.4) is 0 Å². The first-order valence-electron chi connectivity index (χ1n) is 3.32. The molecule has 0 saturated carbocycles. The summed E-state index contributed by atoms with van der Waals surface area (Å²) in [5.74, 6) is -2.69. The second-order valence-electron chi connectivity index (χ2n) is 2.04. The first kappa shape index (κ1) is 9.05. The summed E-state index contributed by atoms with van der Waals surface area (Å²) in [6, 6.07) is 0. The molecular formula is C6H7F3N2O. The molecule has 0 radical (unpaired) electrons. The quantitative estimate of drug-likeness (QED) is 0.477. The van der Waals surface area contributed by atoms with Gasteiger partial charge in [-0.05, 0) is 6.92 Å². The van der Waals surface area contributed by atoms with E-state index in [1.54, 1.807) is 6.92 Å². The van der Waals surface area contributed by atoms with E-state index in [9.17, 15) is 13.3 Å². The molecule has 68 valence electrons. The van der Waals surface area contributed by atoms with E-state index >= 15 is 0 Å². The molecule has 0 saturated heterocycles. The van der Waals surface area contributed by atoms with Crippen LogP contribution < -0.4 is 0 Å². The van der Waals surface area contributed by atoms with Crippen molar-refractivity contribution in [3.05, 3.63) is 11.8 Å². The van der Waals surface area contributed by atoms with Crippen LogP contribution in [-0.4, -0.2) is 24.3 Å². The predicted molar refractivity (Wildman–Crippen MR) is 36.1 cm³/mol. The summed E-state index contributed by atoms with van der Waals surface area (Å²) in [5.41, 5.74) is 0. The van der Waals surface area contributed by atoms with Gasteiger partial charge >= 0.3 is 0 Å². The maximum atomic E-state index is 12.7. The molecule has 0 aromatic rings. The Kier molecular flexibility index (Phi) is 2.69. The predicted octanol–water partition coefficient (Wildman–Crippen LogP) is 1.69. The lowest BCUT2D eigenvalue weighted by molar-refractivity contribution is -0.0914. The van der Waals surface area contributed by atoms with Gasteiger partial charge in [-0.1, -0.05) is 4.48 Å². The Labute approximate surface area is 67.1 Å². The molecule has 1 unspecified atom stereocenters. The summed E-state index contributed by atoms with van der Waals surface area (Å²) in [7, 11) is 0. The first-order valence-corrected chi connectivity index (χ1v) is 3.32. The van der Waals surface area contributed by atoms with Crippen LogP contribution in [-0.2, 0) is 4.74 Å². The maximum Gasteiger partial charge on any atom is 0.251 e. The zero-order chi connectivity index (χ0) is 9.14. The fourth-order valence-electron chi connectivity index (χ4n) is 0.740. The van der Waals surface area contributed by atoms with Gasteiger partial charge in [-0.3, -0.25) is 0 Å². The van der Waals surface area contributed by atoms with Crippen LogP contribution >= 0.6 is 0 Å². The highest BCUT2D eigenvalue weighted by Gasteiger charge is 2.28. The number of halogens is 3. The Hall–Kier alpha value is -1.04. The second-order valence-corrected chi connectivity index (χ2v) is 2.04. The lowest BCUT2D eigenvalue weighted by Gasteiger charge is -2.21. The molecule has 0 N–H and O–H groups in total. The Morgan fingerprint density at radius 1 is 1.67 bits per heavy atom. The van der Waals surface area contributed by atoms with Crippen molar-refractivity contribution < 1.29 is 18.0 Å². The standard InChI is InChI=1S/C6H7F3N2O/c1-2-12-6-4(7)5(8)10-3-11(6)9/h3,6H,2H2,1H3. The van der Waals surface area contributed by atoms with Crippen molar-refractivity contribution in [2.75, 3.05) is 6.61 Å². The summed E-state index contributed by atoms with van der Waals surface area (Å²) >= 11 is 0. The Bertz CT molecular complexity index is 229. The van der Waals surface area contributed by atoms with Gasteiger partial charge in [-0.25, -0.2) is 9.38 Å². The molecule has 12 heavy (non-hydrogen) atoms. The maximum absolute atomic E-state index is 12.7. The number of rotatable bonds is 2. The smallest absolute Gasteiger partial charge is 0.251 e. The van der Waals surface area contributed by atoms with Crippen LogP contribution in [0.4, 0.5) is 13.3 Å². The van der Waals surface area contributed by atoms with Crippen LogP contribution in [0, 0.1) is 0 Å². The third-order valence-electron chi connectivity index (χ3n) is 1.24. The van der Waals surface area contributed by atoms with Crippen LogP contribution in [0.25, 0.3) is 0 Å². The Balaban J connectivity index is 2.77. The van der Waals surface area contributed by atoms with E-state index in [1.165, 1.54) is 0 Å². The molecule has 0 spiro atoms. The van der Waals surface area contributed by atoms with Gasteiger partial charge in [0.1, 0.15) is 6.34 Å². The van der Waals surface area contributed by atoms with Gasteiger partial charge in [0.05, 0.1) is 0 Å². The van der Waals surface area contributed by atoms with Gasteiger partial charge in [0.2, 0.25) is 12.1 Å². The molecule has 3 nitrogen and oxygen atoms in total. The van der Waals surface area contributed by atoms with Crippen molar-refractivity contribution in [2.45, 2.75) is 13.2 Å². The van der Waals surface area contributed by atoms with Gasteiger partial charge in [-0.15, -0.1) is 0 Å². The molecule has 1 aliphatic heterocycles. The topological polar surface area (TPSA) is 24.8 Å². The SMILES string of the molecule is CCOC1C(F)=C(F)N=CN1F. The fourth-order valence-corrected chi connectivity index (χ4v) is 0.740. The van der Waals surface area contributed by atoms with E-state index in [1.807, 2.05) is 0 Å². The molecule has 0 aliphatic carbocycles. The molecule has 1 rings (SSSR count). The molecular weight excluding hydrogens is 173 g/mol. The average molecular weight is 180 g/mol. The summed E-state index contributed by atoms with van der Waals surface area (Å²) in [6.07, 6.45) is -1.11. The summed E-state index contributed by atoms with van der Waals surface area (Å²) < 4.78 is 42.2. The van der Waals surface area contributed by atoms with E-state index in [0.717, 1.165) is 0 Å². The summed E-state index contributed by atoms with van der Waals surface area (Å²) in [6.45, 7) is 1.63. The van der Waals surface area contributed by atoms with Crippen molar-refractivity contribution >= 4 is 6.34 Å². The highest BCUT2D eigenvalue weighted by molar-refractivity contribution is 5.57. The van der Waals surface area contributed by atoms with E-state index < -0.39 is 18.0 Å². The fraction of sp³-hybridized carbons (Fsp3) is 0.500. The highest BCUT2D eigenvalue weighted by Crippen LogP contribution is 2.22. The van der Waals surface area contributed by atoms with E-state index in [2.05, 4.69) is 9.73 Å². The van der Waals surface area contributed by atoms with Crippen LogP contribution in [0.5, 0.6) is 0 Å². The van der Waals surface area contributed by atoms with Crippen LogP contribution in [0.15, 0.2) is 16.8 Å². The van der Waals surface area contributed by atoms with Crippen LogP contribution in [0.1, 0.15) is 6.92 Å².